The van der Waals surface area contributed by atoms with Crippen LogP contribution in [0.25, 0.3) is 0 Å². The quantitative estimate of drug-likeness (QED) is 0.556. The molecule has 1 heterocycles. The van der Waals surface area contributed by atoms with E-state index < -0.39 is 6.10 Å². The van der Waals surface area contributed by atoms with Crippen LogP contribution in [0.4, 0.5) is 4.39 Å². The maximum Gasteiger partial charge on any atom is 0.260 e. The SMILES string of the molecule is C[C@H](Oc1ccc2c(c1)[C@H](c1ccccc1)N(Cc1ccccc1F)CC2)C(=O)NC1CC1. The van der Waals surface area contributed by atoms with Crippen molar-refractivity contribution in [2.24, 2.45) is 0 Å². The van der Waals surface area contributed by atoms with Gasteiger partial charge >= 0.3 is 0 Å². The first-order chi connectivity index (χ1) is 16.1. The van der Waals surface area contributed by atoms with Crippen molar-refractivity contribution in [2.45, 2.75) is 50.9 Å². The zero-order chi connectivity index (χ0) is 22.8. The predicted octanol–water partition coefficient (Wildman–Crippen LogP) is 5.02. The molecule has 0 radical (unpaired) electrons. The highest BCUT2D eigenvalue weighted by molar-refractivity contribution is 5.81. The number of hydrogen-bond donors (Lipinski definition) is 1. The van der Waals surface area contributed by atoms with Crippen molar-refractivity contribution in [2.75, 3.05) is 6.54 Å². The topological polar surface area (TPSA) is 41.6 Å². The third-order valence-electron chi connectivity index (χ3n) is 6.50. The number of nitrogens with one attached hydrogen (secondary N) is 1. The molecule has 0 spiro atoms. The Hall–Kier alpha value is -3.18. The van der Waals surface area contributed by atoms with Gasteiger partial charge in [-0.15, -0.1) is 0 Å². The van der Waals surface area contributed by atoms with Crippen molar-refractivity contribution in [1.82, 2.24) is 10.2 Å². The van der Waals surface area contributed by atoms with E-state index >= 15 is 0 Å². The molecule has 1 N–H and O–H groups in total. The molecule has 1 aliphatic heterocycles. The summed E-state index contributed by atoms with van der Waals surface area (Å²) >= 11 is 0. The molecular weight excluding hydrogens is 415 g/mol. The van der Waals surface area contributed by atoms with Crippen molar-refractivity contribution in [3.05, 3.63) is 101 Å². The number of halogens is 1. The van der Waals surface area contributed by atoms with Gasteiger partial charge in [-0.25, -0.2) is 4.39 Å². The minimum absolute atomic E-state index is 0.0197. The molecule has 170 valence electrons. The van der Waals surface area contributed by atoms with Gasteiger partial charge < -0.3 is 10.1 Å². The normalized spacial score (nSPS) is 18.9. The molecule has 4 nitrogen and oxygen atoms in total. The molecule has 5 heteroatoms. The molecule has 1 amide bonds. The highest BCUT2D eigenvalue weighted by Gasteiger charge is 2.30. The maximum atomic E-state index is 14.5. The van der Waals surface area contributed by atoms with Crippen LogP contribution in [-0.4, -0.2) is 29.5 Å². The maximum absolute atomic E-state index is 14.5. The molecule has 1 saturated carbocycles. The zero-order valence-electron chi connectivity index (χ0n) is 18.8. The highest BCUT2D eigenvalue weighted by atomic mass is 19.1. The summed E-state index contributed by atoms with van der Waals surface area (Å²) in [5.74, 6) is 0.430. The van der Waals surface area contributed by atoms with E-state index in [4.69, 9.17) is 4.74 Å². The second-order valence-corrected chi connectivity index (χ2v) is 9.03. The minimum atomic E-state index is -0.558. The summed E-state index contributed by atoms with van der Waals surface area (Å²) in [4.78, 5) is 14.7. The Kier molecular flexibility index (Phi) is 6.14. The van der Waals surface area contributed by atoms with E-state index in [0.717, 1.165) is 36.9 Å². The molecule has 2 aliphatic rings. The summed E-state index contributed by atoms with van der Waals surface area (Å²) in [6, 6.07) is 23.7. The van der Waals surface area contributed by atoms with Crippen molar-refractivity contribution in [3.63, 3.8) is 0 Å². The van der Waals surface area contributed by atoms with E-state index in [-0.39, 0.29) is 17.8 Å². The fourth-order valence-corrected chi connectivity index (χ4v) is 4.56. The van der Waals surface area contributed by atoms with Gasteiger partial charge in [0, 0.05) is 24.7 Å². The van der Waals surface area contributed by atoms with Crippen LogP contribution in [0.15, 0.2) is 72.8 Å². The third kappa shape index (κ3) is 4.93. The van der Waals surface area contributed by atoms with Crippen molar-refractivity contribution in [1.29, 1.82) is 0 Å². The summed E-state index contributed by atoms with van der Waals surface area (Å²) in [5.41, 5.74) is 4.26. The Morgan fingerprint density at radius 3 is 2.61 bits per heavy atom. The molecule has 1 aliphatic carbocycles. The summed E-state index contributed by atoms with van der Waals surface area (Å²) < 4.78 is 20.5. The molecule has 3 aromatic rings. The van der Waals surface area contributed by atoms with Gasteiger partial charge in [0.1, 0.15) is 11.6 Å². The Morgan fingerprint density at radius 1 is 1.09 bits per heavy atom. The van der Waals surface area contributed by atoms with Crippen molar-refractivity contribution in [3.8, 4) is 5.75 Å². The number of benzene rings is 3. The molecule has 0 saturated heterocycles. The summed E-state index contributed by atoms with van der Waals surface area (Å²) in [5, 5.41) is 3.00. The fraction of sp³-hybridized carbons (Fsp3) is 0.321. The second-order valence-electron chi connectivity index (χ2n) is 9.03. The average Bonchev–Trinajstić information content (AvgIpc) is 3.65. The smallest absolute Gasteiger partial charge is 0.260 e. The summed E-state index contributed by atoms with van der Waals surface area (Å²) in [6.07, 6.45) is 2.42. The van der Waals surface area contributed by atoms with E-state index in [2.05, 4.69) is 34.5 Å². The number of carbonyl (C=O) groups excluding carboxylic acids is 1. The Labute approximate surface area is 194 Å². The van der Waals surface area contributed by atoms with Gasteiger partial charge in [-0.05, 0) is 61.1 Å². The monoisotopic (exact) mass is 444 g/mol. The van der Waals surface area contributed by atoms with E-state index in [1.54, 1.807) is 13.0 Å². The van der Waals surface area contributed by atoms with Gasteiger partial charge in [-0.1, -0.05) is 54.6 Å². The van der Waals surface area contributed by atoms with Gasteiger partial charge in [-0.3, -0.25) is 9.69 Å². The molecule has 33 heavy (non-hydrogen) atoms. The molecule has 0 aromatic heterocycles. The summed E-state index contributed by atoms with van der Waals surface area (Å²) in [6.45, 7) is 3.15. The second kappa shape index (κ2) is 9.36. The van der Waals surface area contributed by atoms with Crippen LogP contribution >= 0.6 is 0 Å². The van der Waals surface area contributed by atoms with Crippen LogP contribution < -0.4 is 10.1 Å². The Balaban J connectivity index is 1.44. The van der Waals surface area contributed by atoms with Crippen LogP contribution in [0.3, 0.4) is 0 Å². The number of fused-ring (bicyclic) bond motifs is 1. The third-order valence-corrected chi connectivity index (χ3v) is 6.50. The molecule has 0 unspecified atom stereocenters. The molecule has 5 rings (SSSR count). The molecule has 3 aromatic carbocycles. The number of carbonyl (C=O) groups is 1. The van der Waals surface area contributed by atoms with Crippen molar-refractivity contribution < 1.29 is 13.9 Å². The van der Waals surface area contributed by atoms with Crippen molar-refractivity contribution >= 4 is 5.91 Å². The van der Waals surface area contributed by atoms with E-state index in [9.17, 15) is 9.18 Å². The standard InChI is InChI=1S/C28H29FN2O2/c1-19(28(32)30-23-12-13-23)33-24-14-11-20-15-16-31(18-22-9-5-6-10-26(22)29)27(25(20)17-24)21-7-3-2-4-8-21/h2-11,14,17,19,23,27H,12-13,15-16,18H2,1H3,(H,30,32)/t19-,27-/m0/s1. The lowest BCUT2D eigenvalue weighted by Crippen LogP contribution is -2.38. The van der Waals surface area contributed by atoms with Gasteiger partial charge in [-0.2, -0.15) is 0 Å². The van der Waals surface area contributed by atoms with Crippen LogP contribution in [-0.2, 0) is 17.8 Å². The van der Waals surface area contributed by atoms with Gasteiger partial charge in [0.15, 0.2) is 6.10 Å². The van der Waals surface area contributed by atoms with Gasteiger partial charge in [0.05, 0.1) is 6.04 Å². The van der Waals surface area contributed by atoms with E-state index in [1.807, 2.05) is 36.4 Å². The minimum Gasteiger partial charge on any atom is -0.481 e. The lowest BCUT2D eigenvalue weighted by Gasteiger charge is -2.38. The Bertz CT molecular complexity index is 1130. The number of amides is 1. The first kappa shape index (κ1) is 21.7. The van der Waals surface area contributed by atoms with Gasteiger partial charge in [0.2, 0.25) is 0 Å². The number of hydrogen-bond acceptors (Lipinski definition) is 3. The average molecular weight is 445 g/mol. The van der Waals surface area contributed by atoms with Crippen LogP contribution in [0, 0.1) is 5.82 Å². The molecule has 0 bridgehead atoms. The number of nitrogens with zero attached hydrogens (tertiary/aromatic N) is 1. The Morgan fingerprint density at radius 2 is 1.85 bits per heavy atom. The highest BCUT2D eigenvalue weighted by Crippen LogP contribution is 2.38. The van der Waals surface area contributed by atoms with Crippen LogP contribution in [0.5, 0.6) is 5.75 Å². The number of rotatable bonds is 7. The van der Waals surface area contributed by atoms with Crippen LogP contribution in [0.2, 0.25) is 0 Å². The predicted molar refractivity (Wildman–Crippen MR) is 126 cm³/mol. The van der Waals surface area contributed by atoms with E-state index in [1.165, 1.54) is 11.6 Å². The lowest BCUT2D eigenvalue weighted by atomic mass is 9.87. The molecular formula is C28H29FN2O2. The number of ether oxygens (including phenoxy) is 1. The largest absolute Gasteiger partial charge is 0.481 e. The van der Waals surface area contributed by atoms with E-state index in [0.29, 0.717) is 23.9 Å². The summed E-state index contributed by atoms with van der Waals surface area (Å²) in [7, 11) is 0. The van der Waals surface area contributed by atoms with Crippen LogP contribution in [0.1, 0.15) is 48.1 Å². The lowest BCUT2D eigenvalue weighted by molar-refractivity contribution is -0.127. The first-order valence-corrected chi connectivity index (χ1v) is 11.7. The zero-order valence-corrected chi connectivity index (χ0v) is 18.8. The molecule has 2 atom stereocenters. The fourth-order valence-electron chi connectivity index (χ4n) is 4.56. The molecule has 1 fully saturated rings. The van der Waals surface area contributed by atoms with Gasteiger partial charge in [0.25, 0.3) is 5.91 Å². The first-order valence-electron chi connectivity index (χ1n) is 11.7.